The van der Waals surface area contributed by atoms with Crippen LogP contribution in [0.3, 0.4) is 0 Å². The van der Waals surface area contributed by atoms with Gasteiger partial charge in [-0.1, -0.05) is 6.42 Å². The number of sulfonamides is 1. The van der Waals surface area contributed by atoms with Crippen molar-refractivity contribution < 1.29 is 18.3 Å². The van der Waals surface area contributed by atoms with Crippen molar-refractivity contribution in [2.45, 2.75) is 30.3 Å². The maximum absolute atomic E-state index is 12.6. The molecule has 26 heavy (non-hydrogen) atoms. The fourth-order valence-electron chi connectivity index (χ4n) is 3.29. The second kappa shape index (κ2) is 9.14. The Labute approximate surface area is 160 Å². The molecule has 1 aromatic carbocycles. The van der Waals surface area contributed by atoms with E-state index < -0.39 is 16.1 Å². The van der Waals surface area contributed by atoms with Gasteiger partial charge in [-0.05, 0) is 37.1 Å². The number of aliphatic hydroxyl groups is 1. The van der Waals surface area contributed by atoms with Crippen molar-refractivity contribution in [2.24, 2.45) is 5.92 Å². The lowest BCUT2D eigenvalue weighted by Crippen LogP contribution is -2.35. The van der Waals surface area contributed by atoms with Gasteiger partial charge in [-0.25, -0.2) is 8.42 Å². The van der Waals surface area contributed by atoms with Gasteiger partial charge in [0.25, 0.3) is 5.91 Å². The molecule has 0 radical (unpaired) electrons. The van der Waals surface area contributed by atoms with Crippen LogP contribution in [0.1, 0.15) is 29.6 Å². The lowest BCUT2D eigenvalue weighted by molar-refractivity contribution is 0.0927. The zero-order valence-corrected chi connectivity index (χ0v) is 16.2. The van der Waals surface area contributed by atoms with Gasteiger partial charge in [0.05, 0.1) is 11.0 Å². The third-order valence-electron chi connectivity index (χ3n) is 4.90. The van der Waals surface area contributed by atoms with E-state index >= 15 is 0 Å². The molecule has 146 valence electrons. The first kappa shape index (κ1) is 21.1. The second-order valence-electron chi connectivity index (χ2n) is 6.68. The Kier molecular flexibility index (Phi) is 7.42. The van der Waals surface area contributed by atoms with Crippen LogP contribution in [0.2, 0.25) is 0 Å². The highest BCUT2D eigenvalue weighted by Crippen LogP contribution is 2.21. The van der Waals surface area contributed by atoms with Crippen LogP contribution >= 0.6 is 12.4 Å². The van der Waals surface area contributed by atoms with Gasteiger partial charge in [0.15, 0.2) is 0 Å². The number of benzene rings is 1. The van der Waals surface area contributed by atoms with E-state index in [0.29, 0.717) is 38.3 Å². The predicted octanol–water partition coefficient (Wildman–Crippen LogP) is 0.593. The number of aliphatic hydroxyl groups excluding tert-OH is 1. The summed E-state index contributed by atoms with van der Waals surface area (Å²) in [6.07, 6.45) is 2.40. The number of rotatable bonds is 5. The molecular weight excluding hydrogens is 378 g/mol. The number of nitrogens with zero attached hydrogens (tertiary/aromatic N) is 1. The summed E-state index contributed by atoms with van der Waals surface area (Å²) >= 11 is 0. The Bertz CT molecular complexity index is 705. The summed E-state index contributed by atoms with van der Waals surface area (Å²) in [6, 6.07) is 6.06. The van der Waals surface area contributed by atoms with E-state index in [4.69, 9.17) is 0 Å². The maximum Gasteiger partial charge on any atom is 0.251 e. The lowest BCUT2D eigenvalue weighted by Gasteiger charge is -2.25. The van der Waals surface area contributed by atoms with Crippen molar-refractivity contribution in [2.75, 3.05) is 32.7 Å². The van der Waals surface area contributed by atoms with Gasteiger partial charge in [-0.3, -0.25) is 4.79 Å². The monoisotopic (exact) mass is 403 g/mol. The number of piperidine rings is 1. The molecule has 1 aromatic rings. The van der Waals surface area contributed by atoms with Crippen molar-refractivity contribution in [1.29, 1.82) is 0 Å². The minimum Gasteiger partial charge on any atom is -0.391 e. The van der Waals surface area contributed by atoms with Crippen LogP contribution < -0.4 is 10.6 Å². The van der Waals surface area contributed by atoms with E-state index in [1.54, 1.807) is 0 Å². The molecule has 3 N–H and O–H groups in total. The van der Waals surface area contributed by atoms with E-state index in [-0.39, 0.29) is 29.1 Å². The van der Waals surface area contributed by atoms with Gasteiger partial charge in [0.1, 0.15) is 0 Å². The number of nitrogens with one attached hydrogen (secondary N) is 2. The van der Waals surface area contributed by atoms with E-state index in [1.807, 2.05) is 0 Å². The smallest absolute Gasteiger partial charge is 0.251 e. The molecule has 2 saturated heterocycles. The minimum absolute atomic E-state index is 0. The summed E-state index contributed by atoms with van der Waals surface area (Å²) < 4.78 is 26.7. The summed E-state index contributed by atoms with van der Waals surface area (Å²) in [4.78, 5) is 12.4. The van der Waals surface area contributed by atoms with Crippen LogP contribution in [0.4, 0.5) is 0 Å². The molecule has 2 atom stereocenters. The molecule has 0 bridgehead atoms. The number of hydrogen-bond donors (Lipinski definition) is 3. The molecule has 2 fully saturated rings. The largest absolute Gasteiger partial charge is 0.391 e. The summed E-state index contributed by atoms with van der Waals surface area (Å²) in [6.45, 7) is 2.73. The normalized spacial score (nSPS) is 24.0. The van der Waals surface area contributed by atoms with Gasteiger partial charge in [-0.15, -0.1) is 12.4 Å². The Balaban J connectivity index is 0.00000243. The highest BCUT2D eigenvalue weighted by molar-refractivity contribution is 7.89. The van der Waals surface area contributed by atoms with Crippen LogP contribution in [-0.4, -0.2) is 62.6 Å². The van der Waals surface area contributed by atoms with E-state index in [1.165, 1.54) is 28.6 Å². The van der Waals surface area contributed by atoms with Crippen LogP contribution in [0, 0.1) is 5.92 Å². The third-order valence-corrected chi connectivity index (χ3v) is 6.81. The van der Waals surface area contributed by atoms with Crippen LogP contribution in [0.25, 0.3) is 0 Å². The third kappa shape index (κ3) is 4.75. The molecule has 0 aromatic heterocycles. The molecule has 7 nitrogen and oxygen atoms in total. The van der Waals surface area contributed by atoms with Gasteiger partial charge < -0.3 is 15.7 Å². The van der Waals surface area contributed by atoms with Crippen molar-refractivity contribution in [3.8, 4) is 0 Å². The summed E-state index contributed by atoms with van der Waals surface area (Å²) in [7, 11) is -3.48. The molecule has 2 aliphatic heterocycles. The number of halogens is 1. The number of carbonyl (C=O) groups excluding carboxylic acids is 1. The zero-order valence-electron chi connectivity index (χ0n) is 14.6. The summed E-state index contributed by atoms with van der Waals surface area (Å²) in [5, 5.41) is 15.6. The molecule has 0 spiro atoms. The summed E-state index contributed by atoms with van der Waals surface area (Å²) in [5.41, 5.74) is 0.415. The van der Waals surface area contributed by atoms with Crippen LogP contribution in [-0.2, 0) is 10.0 Å². The first-order valence-corrected chi connectivity index (χ1v) is 10.2. The molecule has 2 aliphatic rings. The van der Waals surface area contributed by atoms with Gasteiger partial charge >= 0.3 is 0 Å². The molecule has 2 heterocycles. The number of β-amino-alcohol motifs (C(OH)–C–C–N with tert-alkyl or cyclic N) is 1. The van der Waals surface area contributed by atoms with Crippen molar-refractivity contribution in [1.82, 2.24) is 14.9 Å². The highest BCUT2D eigenvalue weighted by atomic mass is 35.5. The topological polar surface area (TPSA) is 98.7 Å². The fourth-order valence-corrected chi connectivity index (χ4v) is 4.80. The zero-order chi connectivity index (χ0) is 17.9. The molecule has 2 unspecified atom stereocenters. The number of carbonyl (C=O) groups is 1. The van der Waals surface area contributed by atoms with Crippen molar-refractivity contribution in [3.05, 3.63) is 29.8 Å². The molecule has 3 rings (SSSR count). The van der Waals surface area contributed by atoms with Crippen LogP contribution in [0.15, 0.2) is 29.2 Å². The number of amides is 1. The first-order valence-electron chi connectivity index (χ1n) is 8.75. The predicted molar refractivity (Wildman–Crippen MR) is 101 cm³/mol. The molecular formula is C17H26ClN3O4S. The minimum atomic E-state index is -3.48. The van der Waals surface area contributed by atoms with Crippen LogP contribution in [0.5, 0.6) is 0 Å². The average molecular weight is 404 g/mol. The lowest BCUT2D eigenvalue weighted by atomic mass is 10.1. The van der Waals surface area contributed by atoms with Crippen molar-refractivity contribution >= 4 is 28.3 Å². The molecule has 1 amide bonds. The molecule has 0 aliphatic carbocycles. The Morgan fingerprint density at radius 2 is 1.81 bits per heavy atom. The first-order chi connectivity index (χ1) is 12.0. The van der Waals surface area contributed by atoms with Gasteiger partial charge in [-0.2, -0.15) is 4.31 Å². The maximum atomic E-state index is 12.6. The van der Waals surface area contributed by atoms with E-state index in [9.17, 15) is 18.3 Å². The van der Waals surface area contributed by atoms with E-state index in [2.05, 4.69) is 10.6 Å². The highest BCUT2D eigenvalue weighted by Gasteiger charge is 2.27. The Morgan fingerprint density at radius 3 is 2.38 bits per heavy atom. The Morgan fingerprint density at radius 1 is 1.15 bits per heavy atom. The molecule has 0 saturated carbocycles. The number of hydrogen-bond acceptors (Lipinski definition) is 5. The van der Waals surface area contributed by atoms with Gasteiger partial charge in [0, 0.05) is 44.2 Å². The van der Waals surface area contributed by atoms with Gasteiger partial charge in [0.2, 0.25) is 10.0 Å². The second-order valence-corrected chi connectivity index (χ2v) is 8.62. The van der Waals surface area contributed by atoms with E-state index in [0.717, 1.165) is 19.3 Å². The Hall–Kier alpha value is -1.19. The SMILES string of the molecule is Cl.O=C(NCC1CNCC1O)c1ccc(S(=O)(=O)N2CCCCC2)cc1. The molecule has 9 heteroatoms. The summed E-state index contributed by atoms with van der Waals surface area (Å²) in [5.74, 6) is -0.260. The van der Waals surface area contributed by atoms with Crippen molar-refractivity contribution in [3.63, 3.8) is 0 Å². The standard InChI is InChI=1S/C17H25N3O4S.ClH/c21-16-12-18-10-14(16)11-19-17(22)13-4-6-15(7-5-13)25(23,24)20-8-2-1-3-9-20;/h4-7,14,16,18,21H,1-3,8-12H2,(H,19,22);1H. The quantitative estimate of drug-likeness (QED) is 0.668. The average Bonchev–Trinajstić information content (AvgIpc) is 3.05. The fraction of sp³-hybridized carbons (Fsp3) is 0.588.